The van der Waals surface area contributed by atoms with Crippen LogP contribution in [-0.2, 0) is 0 Å². The molecule has 128 valence electrons. The van der Waals surface area contributed by atoms with Crippen molar-refractivity contribution in [3.63, 3.8) is 0 Å². The van der Waals surface area contributed by atoms with E-state index in [-0.39, 0.29) is 22.1 Å². The van der Waals surface area contributed by atoms with E-state index in [2.05, 4.69) is 31.1 Å². The fourth-order valence-electron chi connectivity index (χ4n) is 1.84. The van der Waals surface area contributed by atoms with Crippen LogP contribution in [-0.4, -0.2) is 20.9 Å². The van der Waals surface area contributed by atoms with E-state index in [4.69, 9.17) is 28.9 Å². The molecule has 25 heavy (non-hydrogen) atoms. The minimum atomic E-state index is -0.464. The van der Waals surface area contributed by atoms with Crippen molar-refractivity contribution in [1.29, 1.82) is 0 Å². The molecule has 0 saturated heterocycles. The van der Waals surface area contributed by atoms with E-state index in [1.807, 2.05) is 5.38 Å². The number of anilines is 4. The van der Waals surface area contributed by atoms with Crippen LogP contribution in [0.5, 0.6) is 0 Å². The molecular formula is C14H11Cl2N7OS. The SMILES string of the molecule is Nc1c(NNC(=O)c2ccc(Cl)cc2Cl)ncnc1Nc1nccs1. The average molecular weight is 396 g/mol. The average Bonchev–Trinajstić information content (AvgIpc) is 3.08. The number of hydrogen-bond acceptors (Lipinski definition) is 8. The predicted octanol–water partition coefficient (Wildman–Crippen LogP) is 3.32. The number of carbonyl (C=O) groups is 1. The van der Waals surface area contributed by atoms with E-state index in [0.717, 1.165) is 0 Å². The Labute approximate surface area is 156 Å². The number of nitrogens with zero attached hydrogens (tertiary/aromatic N) is 3. The lowest BCUT2D eigenvalue weighted by Gasteiger charge is -2.12. The van der Waals surface area contributed by atoms with Gasteiger partial charge in [0.1, 0.15) is 12.0 Å². The maximum atomic E-state index is 12.2. The lowest BCUT2D eigenvalue weighted by molar-refractivity contribution is 0.0962. The zero-order valence-corrected chi connectivity index (χ0v) is 14.8. The molecule has 3 aromatic rings. The number of halogens is 2. The summed E-state index contributed by atoms with van der Waals surface area (Å²) in [6.45, 7) is 0. The van der Waals surface area contributed by atoms with Gasteiger partial charge in [-0.25, -0.2) is 15.0 Å². The Morgan fingerprint density at radius 2 is 1.96 bits per heavy atom. The summed E-state index contributed by atoms with van der Waals surface area (Å²) in [5.41, 5.74) is 11.6. The van der Waals surface area contributed by atoms with Gasteiger partial charge < -0.3 is 11.1 Å². The Morgan fingerprint density at radius 1 is 1.16 bits per heavy atom. The molecule has 0 bridgehead atoms. The minimum absolute atomic E-state index is 0.222. The highest BCUT2D eigenvalue weighted by Crippen LogP contribution is 2.26. The first-order valence-electron chi connectivity index (χ1n) is 6.83. The number of nitrogen functional groups attached to an aromatic ring is 1. The summed E-state index contributed by atoms with van der Waals surface area (Å²) in [4.78, 5) is 24.3. The molecule has 0 aliphatic heterocycles. The third kappa shape index (κ3) is 4.08. The number of rotatable bonds is 5. The molecule has 0 atom stereocenters. The van der Waals surface area contributed by atoms with Gasteiger partial charge in [-0.15, -0.1) is 11.3 Å². The van der Waals surface area contributed by atoms with Crippen LogP contribution >= 0.6 is 34.5 Å². The monoisotopic (exact) mass is 395 g/mol. The number of nitrogens with one attached hydrogen (secondary N) is 3. The number of hydrogen-bond donors (Lipinski definition) is 4. The van der Waals surface area contributed by atoms with E-state index >= 15 is 0 Å². The van der Waals surface area contributed by atoms with Crippen LogP contribution in [0.15, 0.2) is 36.1 Å². The van der Waals surface area contributed by atoms with Gasteiger partial charge in [-0.05, 0) is 18.2 Å². The van der Waals surface area contributed by atoms with E-state index in [0.29, 0.717) is 16.0 Å². The molecule has 1 aromatic carbocycles. The second kappa shape index (κ2) is 7.51. The zero-order chi connectivity index (χ0) is 17.8. The van der Waals surface area contributed by atoms with Gasteiger partial charge in [-0.2, -0.15) is 0 Å². The third-order valence-electron chi connectivity index (χ3n) is 3.01. The Balaban J connectivity index is 1.71. The Morgan fingerprint density at radius 3 is 2.68 bits per heavy atom. The number of thiazole rings is 1. The summed E-state index contributed by atoms with van der Waals surface area (Å²) < 4.78 is 0. The molecule has 1 amide bonds. The molecule has 0 aliphatic carbocycles. The van der Waals surface area contributed by atoms with Crippen molar-refractivity contribution in [2.75, 3.05) is 16.5 Å². The quantitative estimate of drug-likeness (QED) is 0.489. The summed E-state index contributed by atoms with van der Waals surface area (Å²) in [6.07, 6.45) is 2.95. The number of amides is 1. The molecule has 0 saturated carbocycles. The number of nitrogens with two attached hydrogens (primary N) is 1. The molecule has 8 nitrogen and oxygen atoms in total. The van der Waals surface area contributed by atoms with Crippen molar-refractivity contribution in [3.05, 3.63) is 51.7 Å². The number of benzene rings is 1. The topological polar surface area (TPSA) is 118 Å². The lowest BCUT2D eigenvalue weighted by atomic mass is 10.2. The van der Waals surface area contributed by atoms with Crippen LogP contribution in [0.25, 0.3) is 0 Å². The smallest absolute Gasteiger partial charge is 0.271 e. The first-order chi connectivity index (χ1) is 12.0. The van der Waals surface area contributed by atoms with Crippen LogP contribution in [0.1, 0.15) is 10.4 Å². The van der Waals surface area contributed by atoms with Crippen LogP contribution in [0.3, 0.4) is 0 Å². The zero-order valence-electron chi connectivity index (χ0n) is 12.5. The van der Waals surface area contributed by atoms with E-state index in [1.165, 1.54) is 29.8 Å². The summed E-state index contributed by atoms with van der Waals surface area (Å²) in [5, 5.41) is 6.08. The fourth-order valence-corrected chi connectivity index (χ4v) is 2.86. The number of carbonyl (C=O) groups excluding carboxylic acids is 1. The molecule has 5 N–H and O–H groups in total. The van der Waals surface area contributed by atoms with Crippen molar-refractivity contribution in [2.24, 2.45) is 0 Å². The number of hydrazine groups is 1. The maximum absolute atomic E-state index is 12.2. The molecule has 2 heterocycles. The van der Waals surface area contributed by atoms with Crippen LogP contribution in [0.2, 0.25) is 10.0 Å². The van der Waals surface area contributed by atoms with Gasteiger partial charge in [-0.3, -0.25) is 15.6 Å². The van der Waals surface area contributed by atoms with Gasteiger partial charge in [0.15, 0.2) is 16.8 Å². The van der Waals surface area contributed by atoms with Crippen molar-refractivity contribution in [2.45, 2.75) is 0 Å². The molecule has 11 heteroatoms. The highest BCUT2D eigenvalue weighted by molar-refractivity contribution is 7.13. The van der Waals surface area contributed by atoms with Crippen molar-refractivity contribution < 1.29 is 4.79 Å². The van der Waals surface area contributed by atoms with Crippen LogP contribution in [0, 0.1) is 0 Å². The van der Waals surface area contributed by atoms with Crippen molar-refractivity contribution in [1.82, 2.24) is 20.4 Å². The minimum Gasteiger partial charge on any atom is -0.393 e. The normalized spacial score (nSPS) is 10.3. The van der Waals surface area contributed by atoms with Crippen molar-refractivity contribution in [3.8, 4) is 0 Å². The van der Waals surface area contributed by atoms with Gasteiger partial charge >= 0.3 is 0 Å². The fraction of sp³-hybridized carbons (Fsp3) is 0. The predicted molar refractivity (Wildman–Crippen MR) is 99.4 cm³/mol. The molecule has 0 spiro atoms. The molecule has 0 fully saturated rings. The lowest BCUT2D eigenvalue weighted by Crippen LogP contribution is -2.30. The summed E-state index contributed by atoms with van der Waals surface area (Å²) >= 11 is 13.2. The van der Waals surface area contributed by atoms with Gasteiger partial charge in [0.2, 0.25) is 0 Å². The van der Waals surface area contributed by atoms with Crippen LogP contribution in [0.4, 0.5) is 22.5 Å². The molecule has 0 radical (unpaired) electrons. The summed E-state index contributed by atoms with van der Waals surface area (Å²) in [7, 11) is 0. The first kappa shape index (κ1) is 17.2. The Hall–Kier alpha value is -2.62. The maximum Gasteiger partial charge on any atom is 0.271 e. The standard InChI is InChI=1S/C14H11Cl2N7OS/c15-7-1-2-8(9(16)5-7)13(24)23-22-12-10(17)11(19-6-20-12)21-14-18-3-4-25-14/h1-6H,17H2,(H,23,24)(H2,18,19,20,21,22). The van der Waals surface area contributed by atoms with Crippen LogP contribution < -0.4 is 21.9 Å². The Kier molecular flexibility index (Phi) is 5.17. The largest absolute Gasteiger partial charge is 0.393 e. The van der Waals surface area contributed by atoms with Gasteiger partial charge in [-0.1, -0.05) is 23.2 Å². The highest BCUT2D eigenvalue weighted by Gasteiger charge is 2.13. The molecule has 3 rings (SSSR count). The van der Waals surface area contributed by atoms with E-state index < -0.39 is 5.91 Å². The summed E-state index contributed by atoms with van der Waals surface area (Å²) in [5.74, 6) is 0.132. The first-order valence-corrected chi connectivity index (χ1v) is 8.46. The summed E-state index contributed by atoms with van der Waals surface area (Å²) in [6, 6.07) is 4.56. The highest BCUT2D eigenvalue weighted by atomic mass is 35.5. The second-order valence-electron chi connectivity index (χ2n) is 4.65. The molecular weight excluding hydrogens is 385 g/mol. The van der Waals surface area contributed by atoms with Gasteiger partial charge in [0.05, 0.1) is 10.6 Å². The molecule has 2 aromatic heterocycles. The van der Waals surface area contributed by atoms with Gasteiger partial charge in [0.25, 0.3) is 5.91 Å². The second-order valence-corrected chi connectivity index (χ2v) is 6.39. The van der Waals surface area contributed by atoms with Gasteiger partial charge in [0, 0.05) is 16.6 Å². The van der Waals surface area contributed by atoms with E-state index in [9.17, 15) is 4.79 Å². The third-order valence-corrected chi connectivity index (χ3v) is 4.25. The van der Waals surface area contributed by atoms with Crippen molar-refractivity contribution >= 4 is 62.9 Å². The molecule has 0 aliphatic rings. The molecule has 0 unspecified atom stereocenters. The van der Waals surface area contributed by atoms with E-state index in [1.54, 1.807) is 12.3 Å². The Bertz CT molecular complexity index is 904. The number of aromatic nitrogens is 3.